The van der Waals surface area contributed by atoms with Gasteiger partial charge in [0.25, 0.3) is 0 Å². The maximum Gasteiger partial charge on any atom is 0.319 e. The first kappa shape index (κ1) is 12.1. The van der Waals surface area contributed by atoms with Crippen molar-refractivity contribution in [2.45, 2.75) is 26.9 Å². The SMILES string of the molecule is CC1CO1.CCO[PH](=O)OCC. The lowest BCUT2D eigenvalue weighted by atomic mass is 10.6. The molecule has 1 rings (SSSR count). The van der Waals surface area contributed by atoms with Crippen LogP contribution in [0, 0.1) is 0 Å². The highest BCUT2D eigenvalue weighted by molar-refractivity contribution is 7.33. The quantitative estimate of drug-likeness (QED) is 0.508. The van der Waals surface area contributed by atoms with Crippen molar-refractivity contribution in [3.8, 4) is 0 Å². The van der Waals surface area contributed by atoms with Crippen LogP contribution in [-0.2, 0) is 18.3 Å². The molecule has 0 N–H and O–H groups in total. The summed E-state index contributed by atoms with van der Waals surface area (Å²) in [5, 5.41) is 0. The highest BCUT2D eigenvalue weighted by atomic mass is 31.1. The molecule has 0 amide bonds. The fraction of sp³-hybridized carbons (Fsp3) is 1.00. The molecular formula is C7H17O4P. The Bertz CT molecular complexity index is 117. The molecule has 74 valence electrons. The van der Waals surface area contributed by atoms with Crippen molar-refractivity contribution >= 4 is 8.25 Å². The maximum atomic E-state index is 10.4. The summed E-state index contributed by atoms with van der Waals surface area (Å²) < 4.78 is 24.3. The largest absolute Gasteiger partial charge is 0.373 e. The molecule has 1 aliphatic rings. The second-order valence-corrected chi connectivity index (χ2v) is 3.34. The summed E-state index contributed by atoms with van der Waals surface area (Å²) in [6, 6.07) is 0. The van der Waals surface area contributed by atoms with Gasteiger partial charge in [0.05, 0.1) is 25.9 Å². The van der Waals surface area contributed by atoms with Crippen LogP contribution in [0.3, 0.4) is 0 Å². The molecule has 0 aromatic carbocycles. The first-order valence-corrected chi connectivity index (χ1v) is 5.34. The lowest BCUT2D eigenvalue weighted by Gasteiger charge is -1.97. The van der Waals surface area contributed by atoms with Gasteiger partial charge in [-0.15, -0.1) is 0 Å². The van der Waals surface area contributed by atoms with Crippen LogP contribution in [0.25, 0.3) is 0 Å². The van der Waals surface area contributed by atoms with E-state index in [4.69, 9.17) is 4.74 Å². The van der Waals surface area contributed by atoms with E-state index in [2.05, 4.69) is 16.0 Å². The fourth-order valence-corrected chi connectivity index (χ4v) is 0.928. The zero-order chi connectivity index (χ0) is 9.40. The topological polar surface area (TPSA) is 48.1 Å². The van der Waals surface area contributed by atoms with E-state index in [1.165, 1.54) is 0 Å². The van der Waals surface area contributed by atoms with Crippen LogP contribution >= 0.6 is 8.25 Å². The van der Waals surface area contributed by atoms with E-state index in [0.29, 0.717) is 19.3 Å². The summed E-state index contributed by atoms with van der Waals surface area (Å²) in [5.41, 5.74) is 0. The van der Waals surface area contributed by atoms with Gasteiger partial charge >= 0.3 is 8.25 Å². The third kappa shape index (κ3) is 10.1. The minimum atomic E-state index is -2.14. The number of ether oxygens (including phenoxy) is 1. The molecule has 1 saturated heterocycles. The number of epoxide rings is 1. The lowest BCUT2D eigenvalue weighted by Crippen LogP contribution is -1.81. The third-order valence-corrected chi connectivity index (χ3v) is 2.07. The predicted molar refractivity (Wildman–Crippen MR) is 47.7 cm³/mol. The Hall–Kier alpha value is 0.110. The standard InChI is InChI=1S/C4H11O3P.C3H6O/c1-3-6-8(5)7-4-2;1-3-2-4-3/h8H,3-4H2,1-2H3;3H,2H2,1H3. The Morgan fingerprint density at radius 1 is 1.42 bits per heavy atom. The zero-order valence-electron chi connectivity index (χ0n) is 7.83. The van der Waals surface area contributed by atoms with Gasteiger partial charge in [-0.3, -0.25) is 4.57 Å². The van der Waals surface area contributed by atoms with Gasteiger partial charge in [-0.25, -0.2) is 0 Å². The molecule has 4 nitrogen and oxygen atoms in total. The van der Waals surface area contributed by atoms with Crippen molar-refractivity contribution in [2.75, 3.05) is 19.8 Å². The molecule has 1 heterocycles. The van der Waals surface area contributed by atoms with Gasteiger partial charge in [0.1, 0.15) is 0 Å². The maximum absolute atomic E-state index is 10.4. The first-order valence-electron chi connectivity index (χ1n) is 4.11. The Labute approximate surface area is 74.1 Å². The number of hydrogen-bond donors (Lipinski definition) is 0. The molecule has 1 aliphatic heterocycles. The molecule has 0 radical (unpaired) electrons. The molecule has 1 fully saturated rings. The monoisotopic (exact) mass is 196 g/mol. The number of rotatable bonds is 4. The average Bonchev–Trinajstić information content (AvgIpc) is 2.74. The predicted octanol–water partition coefficient (Wildman–Crippen LogP) is 1.85. The Kier molecular flexibility index (Phi) is 7.81. The van der Waals surface area contributed by atoms with Crippen molar-refractivity contribution < 1.29 is 18.3 Å². The van der Waals surface area contributed by atoms with Crippen molar-refractivity contribution in [1.82, 2.24) is 0 Å². The van der Waals surface area contributed by atoms with E-state index in [-0.39, 0.29) is 0 Å². The highest BCUT2D eigenvalue weighted by Crippen LogP contribution is 2.21. The third-order valence-electron chi connectivity index (χ3n) is 1.02. The van der Waals surface area contributed by atoms with Gasteiger partial charge in [0, 0.05) is 0 Å². The van der Waals surface area contributed by atoms with E-state index >= 15 is 0 Å². The fourth-order valence-electron chi connectivity index (χ4n) is 0.374. The van der Waals surface area contributed by atoms with Crippen LogP contribution < -0.4 is 0 Å². The normalized spacial score (nSPS) is 20.2. The minimum Gasteiger partial charge on any atom is -0.373 e. The average molecular weight is 196 g/mol. The van der Waals surface area contributed by atoms with E-state index in [1.807, 2.05) is 0 Å². The molecule has 0 bridgehead atoms. The molecule has 1 unspecified atom stereocenters. The van der Waals surface area contributed by atoms with Gasteiger partial charge in [0.2, 0.25) is 0 Å². The van der Waals surface area contributed by atoms with Gasteiger partial charge in [-0.1, -0.05) is 0 Å². The molecule has 5 heteroatoms. The smallest absolute Gasteiger partial charge is 0.319 e. The van der Waals surface area contributed by atoms with E-state index < -0.39 is 8.25 Å². The molecule has 0 aromatic rings. The summed E-state index contributed by atoms with van der Waals surface area (Å²) in [6.07, 6.45) is 0.583. The van der Waals surface area contributed by atoms with Crippen molar-refractivity contribution in [1.29, 1.82) is 0 Å². The van der Waals surface area contributed by atoms with Gasteiger partial charge < -0.3 is 13.8 Å². The molecule has 12 heavy (non-hydrogen) atoms. The van der Waals surface area contributed by atoms with Gasteiger partial charge in [-0.2, -0.15) is 0 Å². The Morgan fingerprint density at radius 2 is 1.75 bits per heavy atom. The van der Waals surface area contributed by atoms with Crippen molar-refractivity contribution in [2.24, 2.45) is 0 Å². The van der Waals surface area contributed by atoms with Crippen LogP contribution in [0.5, 0.6) is 0 Å². The lowest BCUT2D eigenvalue weighted by molar-refractivity contribution is 0.243. The van der Waals surface area contributed by atoms with Crippen LogP contribution in [0.4, 0.5) is 0 Å². The summed E-state index contributed by atoms with van der Waals surface area (Å²) in [5.74, 6) is 0. The summed E-state index contributed by atoms with van der Waals surface area (Å²) in [7, 11) is -2.14. The summed E-state index contributed by atoms with van der Waals surface area (Å²) >= 11 is 0. The van der Waals surface area contributed by atoms with Gasteiger partial charge in [0.15, 0.2) is 0 Å². The van der Waals surface area contributed by atoms with Crippen LogP contribution in [0.15, 0.2) is 0 Å². The zero-order valence-corrected chi connectivity index (χ0v) is 8.83. The van der Waals surface area contributed by atoms with Crippen molar-refractivity contribution in [3.63, 3.8) is 0 Å². The van der Waals surface area contributed by atoms with Gasteiger partial charge in [-0.05, 0) is 20.8 Å². The Balaban J connectivity index is 0.000000247. The second-order valence-electron chi connectivity index (χ2n) is 2.26. The first-order chi connectivity index (χ1) is 5.70. The molecule has 0 spiro atoms. The van der Waals surface area contributed by atoms with Crippen LogP contribution in [0.2, 0.25) is 0 Å². The number of hydrogen-bond acceptors (Lipinski definition) is 4. The van der Waals surface area contributed by atoms with E-state index in [0.717, 1.165) is 6.61 Å². The van der Waals surface area contributed by atoms with Crippen LogP contribution in [-0.4, -0.2) is 25.9 Å². The highest BCUT2D eigenvalue weighted by Gasteiger charge is 2.13. The molecule has 1 atom stereocenters. The minimum absolute atomic E-state index is 0.456. The second kappa shape index (κ2) is 7.74. The molecular weight excluding hydrogens is 179 g/mol. The molecule has 0 aliphatic carbocycles. The summed E-state index contributed by atoms with van der Waals surface area (Å²) in [4.78, 5) is 0. The van der Waals surface area contributed by atoms with Crippen molar-refractivity contribution in [3.05, 3.63) is 0 Å². The van der Waals surface area contributed by atoms with E-state index in [1.54, 1.807) is 13.8 Å². The van der Waals surface area contributed by atoms with Crippen LogP contribution in [0.1, 0.15) is 20.8 Å². The summed E-state index contributed by atoms with van der Waals surface area (Å²) in [6.45, 7) is 7.51. The Morgan fingerprint density at radius 3 is 1.92 bits per heavy atom. The molecule has 0 saturated carbocycles. The molecule has 0 aromatic heterocycles. The van der Waals surface area contributed by atoms with E-state index in [9.17, 15) is 4.57 Å².